The van der Waals surface area contributed by atoms with Crippen LogP contribution in [0.4, 0.5) is 0 Å². The van der Waals surface area contributed by atoms with Crippen molar-refractivity contribution in [3.8, 4) is 0 Å². The maximum atomic E-state index is 11.8. The molecule has 0 saturated heterocycles. The van der Waals surface area contributed by atoms with Crippen molar-refractivity contribution >= 4 is 23.8 Å². The Hall–Kier alpha value is -2.12. The van der Waals surface area contributed by atoms with E-state index < -0.39 is 0 Å². The summed E-state index contributed by atoms with van der Waals surface area (Å²) in [4.78, 5) is 45.9. The Kier molecular flexibility index (Phi) is 18.7. The van der Waals surface area contributed by atoms with E-state index in [4.69, 9.17) is 9.47 Å². The predicted molar refractivity (Wildman–Crippen MR) is 115 cm³/mol. The fourth-order valence-electron chi connectivity index (χ4n) is 2.81. The molecule has 0 atom stereocenters. The molecule has 0 aliphatic heterocycles. The molecule has 0 aliphatic carbocycles. The number of carbonyl (C=O) groups is 4. The number of hydrogen-bond donors (Lipinski definition) is 2. The van der Waals surface area contributed by atoms with Crippen molar-refractivity contribution in [1.29, 1.82) is 0 Å². The lowest BCUT2D eigenvalue weighted by atomic mass is 10.1. The van der Waals surface area contributed by atoms with Gasteiger partial charge in [-0.2, -0.15) is 0 Å². The lowest BCUT2D eigenvalue weighted by Gasteiger charge is -2.07. The smallest absolute Gasteiger partial charge is 0.305 e. The Bertz CT molecular complexity index is 452. The van der Waals surface area contributed by atoms with E-state index in [1.807, 2.05) is 0 Å². The van der Waals surface area contributed by atoms with Crippen LogP contribution < -0.4 is 10.6 Å². The topological polar surface area (TPSA) is 111 Å². The second-order valence-corrected chi connectivity index (χ2v) is 7.14. The summed E-state index contributed by atoms with van der Waals surface area (Å²) < 4.78 is 9.72. The van der Waals surface area contributed by atoms with Crippen LogP contribution in [0.1, 0.15) is 90.9 Å². The van der Waals surface area contributed by atoms with Gasteiger partial charge in [-0.05, 0) is 52.4 Å². The number of carbonyl (C=O) groups excluding carboxylic acids is 4. The minimum Gasteiger partial charge on any atom is -0.466 e. The molecule has 0 aromatic rings. The molecular formula is C22H40N2O6. The summed E-state index contributed by atoms with van der Waals surface area (Å²) in [6, 6.07) is 0. The lowest BCUT2D eigenvalue weighted by Crippen LogP contribution is -2.25. The van der Waals surface area contributed by atoms with Crippen LogP contribution >= 0.6 is 0 Å². The summed E-state index contributed by atoms with van der Waals surface area (Å²) in [5.74, 6) is -0.330. The standard InChI is InChI=1S/C22H40N2O6/c1-3-29-21(27)15-7-5-11-17-23-19(25)13-9-10-14-20(26)24-18-12-6-8-16-22(28)30-4-2/h3-18H2,1-2H3,(H,23,25)(H,24,26). The van der Waals surface area contributed by atoms with Gasteiger partial charge in [0.05, 0.1) is 13.2 Å². The summed E-state index contributed by atoms with van der Waals surface area (Å²) in [6.07, 6.45) is 8.04. The fraction of sp³-hybridized carbons (Fsp3) is 0.818. The Morgan fingerprint density at radius 2 is 0.900 bits per heavy atom. The van der Waals surface area contributed by atoms with Gasteiger partial charge in [0.25, 0.3) is 0 Å². The van der Waals surface area contributed by atoms with Crippen molar-refractivity contribution in [2.45, 2.75) is 90.9 Å². The predicted octanol–water partition coefficient (Wildman–Crippen LogP) is 3.03. The highest BCUT2D eigenvalue weighted by molar-refractivity contribution is 5.77. The molecule has 0 radical (unpaired) electrons. The monoisotopic (exact) mass is 428 g/mol. The van der Waals surface area contributed by atoms with Gasteiger partial charge in [0.15, 0.2) is 0 Å². The van der Waals surface area contributed by atoms with Gasteiger partial charge in [0.1, 0.15) is 0 Å². The van der Waals surface area contributed by atoms with E-state index >= 15 is 0 Å². The van der Waals surface area contributed by atoms with Crippen LogP contribution in [-0.2, 0) is 28.7 Å². The molecule has 8 nitrogen and oxygen atoms in total. The Labute approximate surface area is 180 Å². The van der Waals surface area contributed by atoms with E-state index in [2.05, 4.69) is 10.6 Å². The van der Waals surface area contributed by atoms with Crippen LogP contribution in [-0.4, -0.2) is 50.1 Å². The number of ether oxygens (including phenoxy) is 2. The number of hydrogen-bond acceptors (Lipinski definition) is 6. The van der Waals surface area contributed by atoms with Crippen LogP contribution in [0, 0.1) is 0 Å². The molecule has 0 aliphatic rings. The molecule has 30 heavy (non-hydrogen) atoms. The largest absolute Gasteiger partial charge is 0.466 e. The quantitative estimate of drug-likeness (QED) is 0.242. The summed E-state index contributed by atoms with van der Waals surface area (Å²) in [5.41, 5.74) is 0. The van der Waals surface area contributed by atoms with Gasteiger partial charge in [-0.1, -0.05) is 12.8 Å². The van der Waals surface area contributed by atoms with E-state index in [0.717, 1.165) is 38.5 Å². The number of unbranched alkanes of at least 4 members (excludes halogenated alkanes) is 5. The minimum absolute atomic E-state index is 0.00222. The van der Waals surface area contributed by atoms with E-state index in [-0.39, 0.29) is 23.8 Å². The Morgan fingerprint density at radius 1 is 0.533 bits per heavy atom. The summed E-state index contributed by atoms with van der Waals surface area (Å²) >= 11 is 0. The zero-order valence-electron chi connectivity index (χ0n) is 18.8. The molecule has 0 bridgehead atoms. The molecule has 8 heteroatoms. The molecule has 174 valence electrons. The van der Waals surface area contributed by atoms with Crippen LogP contribution in [0.25, 0.3) is 0 Å². The average molecular weight is 429 g/mol. The van der Waals surface area contributed by atoms with Crippen molar-refractivity contribution in [3.63, 3.8) is 0 Å². The third-order valence-corrected chi connectivity index (χ3v) is 4.43. The second kappa shape index (κ2) is 20.2. The first kappa shape index (κ1) is 27.9. The molecule has 0 rings (SSSR count). The molecule has 0 spiro atoms. The number of amides is 2. The molecule has 0 unspecified atom stereocenters. The highest BCUT2D eigenvalue weighted by Crippen LogP contribution is 2.03. The highest BCUT2D eigenvalue weighted by atomic mass is 16.5. The normalized spacial score (nSPS) is 10.3. The summed E-state index contributed by atoms with van der Waals surface area (Å²) in [7, 11) is 0. The van der Waals surface area contributed by atoms with Crippen molar-refractivity contribution in [2.24, 2.45) is 0 Å². The maximum Gasteiger partial charge on any atom is 0.305 e. The second-order valence-electron chi connectivity index (χ2n) is 7.14. The Morgan fingerprint density at radius 3 is 1.27 bits per heavy atom. The van der Waals surface area contributed by atoms with E-state index in [1.165, 1.54) is 0 Å². The third kappa shape index (κ3) is 19.2. The van der Waals surface area contributed by atoms with Gasteiger partial charge in [-0.25, -0.2) is 0 Å². The zero-order chi connectivity index (χ0) is 22.5. The average Bonchev–Trinajstić information content (AvgIpc) is 2.71. The zero-order valence-corrected chi connectivity index (χ0v) is 18.8. The van der Waals surface area contributed by atoms with Crippen molar-refractivity contribution in [2.75, 3.05) is 26.3 Å². The first-order chi connectivity index (χ1) is 14.5. The fourth-order valence-corrected chi connectivity index (χ4v) is 2.81. The number of rotatable bonds is 19. The van der Waals surface area contributed by atoms with Crippen molar-refractivity contribution in [1.82, 2.24) is 10.6 Å². The van der Waals surface area contributed by atoms with Crippen molar-refractivity contribution < 1.29 is 28.7 Å². The van der Waals surface area contributed by atoms with Crippen LogP contribution in [0.2, 0.25) is 0 Å². The first-order valence-electron chi connectivity index (χ1n) is 11.3. The number of nitrogens with one attached hydrogen (secondary N) is 2. The van der Waals surface area contributed by atoms with E-state index in [0.29, 0.717) is 64.8 Å². The number of esters is 2. The lowest BCUT2D eigenvalue weighted by molar-refractivity contribution is -0.144. The molecule has 0 aromatic carbocycles. The molecule has 0 heterocycles. The highest BCUT2D eigenvalue weighted by Gasteiger charge is 2.05. The van der Waals surface area contributed by atoms with Gasteiger partial charge in [-0.3, -0.25) is 19.2 Å². The summed E-state index contributed by atoms with van der Waals surface area (Å²) in [5, 5.41) is 5.73. The first-order valence-corrected chi connectivity index (χ1v) is 11.3. The van der Waals surface area contributed by atoms with Gasteiger partial charge >= 0.3 is 11.9 Å². The minimum atomic E-state index is -0.167. The van der Waals surface area contributed by atoms with Gasteiger partial charge in [-0.15, -0.1) is 0 Å². The van der Waals surface area contributed by atoms with Crippen LogP contribution in [0.5, 0.6) is 0 Å². The van der Waals surface area contributed by atoms with Crippen molar-refractivity contribution in [3.05, 3.63) is 0 Å². The van der Waals surface area contributed by atoms with E-state index in [9.17, 15) is 19.2 Å². The third-order valence-electron chi connectivity index (χ3n) is 4.43. The van der Waals surface area contributed by atoms with Gasteiger partial charge < -0.3 is 20.1 Å². The van der Waals surface area contributed by atoms with Crippen LogP contribution in [0.15, 0.2) is 0 Å². The maximum absolute atomic E-state index is 11.8. The SMILES string of the molecule is CCOC(=O)CCCCCNC(=O)CCCCC(=O)NCCCCCC(=O)OCC. The summed E-state index contributed by atoms with van der Waals surface area (Å²) in [6.45, 7) is 5.62. The van der Waals surface area contributed by atoms with Gasteiger partial charge in [0.2, 0.25) is 11.8 Å². The molecule has 0 aromatic heterocycles. The van der Waals surface area contributed by atoms with Crippen LogP contribution in [0.3, 0.4) is 0 Å². The molecular weight excluding hydrogens is 388 g/mol. The molecule has 2 amide bonds. The Balaban J connectivity index is 3.42. The van der Waals surface area contributed by atoms with Gasteiger partial charge in [0, 0.05) is 38.8 Å². The molecule has 2 N–H and O–H groups in total. The molecule has 0 saturated carbocycles. The van der Waals surface area contributed by atoms with E-state index in [1.54, 1.807) is 13.8 Å². The molecule has 0 fully saturated rings.